The Balaban J connectivity index is 2.65. The van der Waals surface area contributed by atoms with E-state index in [-0.39, 0.29) is 5.97 Å². The molecule has 0 unspecified atom stereocenters. The normalized spacial score (nSPS) is 12.7. The van der Waals surface area contributed by atoms with Crippen molar-refractivity contribution in [3.8, 4) is 0 Å². The number of hydrogen-bond donors (Lipinski definition) is 0. The van der Waals surface area contributed by atoms with Crippen LogP contribution in [-0.2, 0) is 9.16 Å². The lowest BCUT2D eigenvalue weighted by molar-refractivity contribution is 0.00752. The minimum atomic E-state index is -1.53. The van der Waals surface area contributed by atoms with Crippen LogP contribution in [0.5, 0.6) is 0 Å². The van der Waals surface area contributed by atoms with Gasteiger partial charge in [-0.3, -0.25) is 0 Å². The number of hydrogen-bond acceptors (Lipinski definition) is 4. The first kappa shape index (κ1) is 16.0. The molecule has 0 atom stereocenters. The van der Waals surface area contributed by atoms with E-state index in [1.165, 1.54) is 11.3 Å². The molecule has 1 rings (SSSR count). The van der Waals surface area contributed by atoms with E-state index in [2.05, 4.69) is 19.6 Å². The van der Waals surface area contributed by atoms with Gasteiger partial charge < -0.3 is 9.16 Å². The number of thiophene rings is 1. The fraction of sp³-hybridized carbons (Fsp3) is 0.500. The Labute approximate surface area is 120 Å². The van der Waals surface area contributed by atoms with Crippen LogP contribution >= 0.6 is 11.3 Å². The predicted molar refractivity (Wildman–Crippen MR) is 83.0 cm³/mol. The summed E-state index contributed by atoms with van der Waals surface area (Å²) >= 11 is 1.39. The molecule has 0 saturated carbocycles. The van der Waals surface area contributed by atoms with Crippen LogP contribution < -0.4 is 0 Å². The first-order valence-corrected chi connectivity index (χ1v) is 10.5. The molecule has 3 nitrogen and oxygen atoms in total. The lowest BCUT2D eigenvalue weighted by Crippen LogP contribution is -2.23. The molecule has 0 amide bonds. The fourth-order valence-corrected chi connectivity index (χ4v) is 2.42. The van der Waals surface area contributed by atoms with Crippen molar-refractivity contribution < 1.29 is 14.0 Å². The third-order valence-corrected chi connectivity index (χ3v) is 3.67. The summed E-state index contributed by atoms with van der Waals surface area (Å²) in [6, 6.07) is 1.82. The molecule has 0 bridgehead atoms. The molecule has 19 heavy (non-hydrogen) atoms. The third-order valence-electron chi connectivity index (χ3n) is 1.90. The molecule has 1 aromatic rings. The van der Waals surface area contributed by atoms with Crippen molar-refractivity contribution in [2.24, 2.45) is 0 Å². The number of ether oxygens (including phenoxy) is 1. The summed E-state index contributed by atoms with van der Waals surface area (Å²) in [5.74, 6) is -0.275. The topological polar surface area (TPSA) is 35.5 Å². The minimum absolute atomic E-state index is 0.275. The Morgan fingerprint density at radius 1 is 1.32 bits per heavy atom. The van der Waals surface area contributed by atoms with Crippen LogP contribution in [0.25, 0.3) is 6.08 Å². The standard InChI is InChI=1S/C14H22O3SSi/c1-14(2,3)17-13(15)12-9-11(10-18-12)7-8-16-19(4,5)6/h7-10H,1-6H3. The van der Waals surface area contributed by atoms with Gasteiger partial charge in [-0.1, -0.05) is 0 Å². The predicted octanol–water partition coefficient (Wildman–Crippen LogP) is 4.53. The maximum absolute atomic E-state index is 11.8. The zero-order chi connectivity index (χ0) is 14.7. The molecular weight excluding hydrogens is 276 g/mol. The Bertz CT molecular complexity index is 464. The van der Waals surface area contributed by atoms with Gasteiger partial charge in [-0.2, -0.15) is 0 Å². The zero-order valence-electron chi connectivity index (χ0n) is 12.4. The molecule has 0 aliphatic heterocycles. The van der Waals surface area contributed by atoms with E-state index in [9.17, 15) is 4.79 Å². The van der Waals surface area contributed by atoms with Crippen LogP contribution in [0.4, 0.5) is 0 Å². The van der Waals surface area contributed by atoms with Crippen molar-refractivity contribution in [3.63, 3.8) is 0 Å². The van der Waals surface area contributed by atoms with Crippen LogP contribution in [0, 0.1) is 0 Å². The highest BCUT2D eigenvalue weighted by molar-refractivity contribution is 7.12. The zero-order valence-corrected chi connectivity index (χ0v) is 14.3. The van der Waals surface area contributed by atoms with Crippen molar-refractivity contribution in [2.75, 3.05) is 0 Å². The number of rotatable bonds is 4. The van der Waals surface area contributed by atoms with Crippen molar-refractivity contribution in [3.05, 3.63) is 28.1 Å². The molecule has 0 fully saturated rings. The Morgan fingerprint density at radius 2 is 1.95 bits per heavy atom. The van der Waals surface area contributed by atoms with Gasteiger partial charge in [-0.15, -0.1) is 11.3 Å². The van der Waals surface area contributed by atoms with Gasteiger partial charge in [-0.25, -0.2) is 4.79 Å². The van der Waals surface area contributed by atoms with Gasteiger partial charge in [0, 0.05) is 0 Å². The molecule has 1 heterocycles. The van der Waals surface area contributed by atoms with Gasteiger partial charge >= 0.3 is 5.97 Å². The maximum atomic E-state index is 11.8. The first-order valence-electron chi connectivity index (χ1n) is 6.23. The summed E-state index contributed by atoms with van der Waals surface area (Å²) < 4.78 is 10.9. The highest BCUT2D eigenvalue weighted by Gasteiger charge is 2.19. The fourth-order valence-electron chi connectivity index (χ4n) is 1.19. The second-order valence-corrected chi connectivity index (χ2v) is 11.7. The van der Waals surface area contributed by atoms with E-state index in [0.717, 1.165) is 5.56 Å². The molecule has 0 radical (unpaired) electrons. The van der Waals surface area contributed by atoms with E-state index in [1.54, 1.807) is 6.26 Å². The van der Waals surface area contributed by atoms with Crippen LogP contribution in [0.2, 0.25) is 19.6 Å². The molecule has 0 saturated heterocycles. The highest BCUT2D eigenvalue weighted by atomic mass is 32.1. The lowest BCUT2D eigenvalue weighted by atomic mass is 10.2. The Morgan fingerprint density at radius 3 is 2.47 bits per heavy atom. The quantitative estimate of drug-likeness (QED) is 0.465. The summed E-state index contributed by atoms with van der Waals surface area (Å²) in [5.41, 5.74) is 0.502. The monoisotopic (exact) mass is 298 g/mol. The molecule has 0 spiro atoms. The van der Waals surface area contributed by atoms with Crippen molar-refractivity contribution in [1.29, 1.82) is 0 Å². The minimum Gasteiger partial charge on any atom is -0.550 e. The highest BCUT2D eigenvalue weighted by Crippen LogP contribution is 2.20. The smallest absolute Gasteiger partial charge is 0.348 e. The molecule has 0 aromatic carbocycles. The molecule has 5 heteroatoms. The van der Waals surface area contributed by atoms with E-state index in [0.29, 0.717) is 4.88 Å². The molecule has 0 N–H and O–H groups in total. The van der Waals surface area contributed by atoms with Crippen LogP contribution in [0.15, 0.2) is 17.7 Å². The number of esters is 1. The molecule has 1 aromatic heterocycles. The van der Waals surface area contributed by atoms with Gasteiger partial charge in [0.15, 0.2) is 0 Å². The van der Waals surface area contributed by atoms with E-state index < -0.39 is 13.9 Å². The maximum Gasteiger partial charge on any atom is 0.348 e. The van der Waals surface area contributed by atoms with Crippen LogP contribution in [-0.4, -0.2) is 19.9 Å². The average Bonchev–Trinajstić information content (AvgIpc) is 2.61. The van der Waals surface area contributed by atoms with Gasteiger partial charge in [0.2, 0.25) is 8.32 Å². The SMILES string of the molecule is CC(C)(C)OC(=O)c1cc(C=CO[Si](C)(C)C)cs1. The Kier molecular flexibility index (Phi) is 4.98. The van der Waals surface area contributed by atoms with Gasteiger partial charge in [0.1, 0.15) is 10.5 Å². The van der Waals surface area contributed by atoms with Gasteiger partial charge in [0.25, 0.3) is 0 Å². The largest absolute Gasteiger partial charge is 0.550 e. The van der Waals surface area contributed by atoms with E-state index in [1.807, 2.05) is 38.3 Å². The van der Waals surface area contributed by atoms with Crippen LogP contribution in [0.3, 0.4) is 0 Å². The summed E-state index contributed by atoms with van der Waals surface area (Å²) in [7, 11) is -1.53. The number of carbonyl (C=O) groups is 1. The van der Waals surface area contributed by atoms with Crippen molar-refractivity contribution in [1.82, 2.24) is 0 Å². The van der Waals surface area contributed by atoms with E-state index >= 15 is 0 Å². The average molecular weight is 298 g/mol. The molecule has 0 aliphatic rings. The third kappa shape index (κ3) is 6.59. The first-order chi connectivity index (χ1) is 8.57. The Hall–Kier alpha value is -1.07. The summed E-state index contributed by atoms with van der Waals surface area (Å²) in [5, 5.41) is 1.92. The second-order valence-electron chi connectivity index (χ2n) is 6.28. The molecule has 106 valence electrons. The van der Waals surface area contributed by atoms with E-state index in [4.69, 9.17) is 9.16 Å². The lowest BCUT2D eigenvalue weighted by Gasteiger charge is -2.18. The van der Waals surface area contributed by atoms with Crippen molar-refractivity contribution >= 4 is 31.7 Å². The summed E-state index contributed by atoms with van der Waals surface area (Å²) in [6.07, 6.45) is 3.59. The van der Waals surface area contributed by atoms with Gasteiger partial charge in [-0.05, 0) is 63.5 Å². The second kappa shape index (κ2) is 5.92. The van der Waals surface area contributed by atoms with Crippen molar-refractivity contribution in [2.45, 2.75) is 46.0 Å². The molecular formula is C14H22O3SSi. The van der Waals surface area contributed by atoms with Crippen LogP contribution in [0.1, 0.15) is 36.0 Å². The summed E-state index contributed by atoms with van der Waals surface area (Å²) in [4.78, 5) is 12.5. The molecule has 0 aliphatic carbocycles. The summed E-state index contributed by atoms with van der Waals surface area (Å²) in [6.45, 7) is 12.0. The van der Waals surface area contributed by atoms with Gasteiger partial charge in [0.05, 0.1) is 6.26 Å². The number of carbonyl (C=O) groups excluding carboxylic acids is 1.